The summed E-state index contributed by atoms with van der Waals surface area (Å²) in [5.41, 5.74) is 1.33. The molecular weight excluding hydrogens is 294 g/mol. The minimum Gasteiger partial charge on any atom is -0.389 e. The summed E-state index contributed by atoms with van der Waals surface area (Å²) in [4.78, 5) is 0. The molecule has 1 unspecified atom stereocenters. The van der Waals surface area contributed by atoms with Crippen LogP contribution >= 0.6 is 27.5 Å². The smallest absolute Gasteiger partial charge is 0.150 e. The van der Waals surface area contributed by atoms with Crippen molar-refractivity contribution in [3.63, 3.8) is 0 Å². The highest BCUT2D eigenvalue weighted by atomic mass is 79.9. The molecule has 1 aromatic carbocycles. The lowest BCUT2D eigenvalue weighted by Crippen LogP contribution is -2.09. The van der Waals surface area contributed by atoms with E-state index in [1.54, 1.807) is 18.2 Å². The van der Waals surface area contributed by atoms with Crippen molar-refractivity contribution in [2.24, 2.45) is 0 Å². The van der Waals surface area contributed by atoms with Crippen molar-refractivity contribution in [1.82, 2.24) is 0 Å². The van der Waals surface area contributed by atoms with Gasteiger partial charge in [0.1, 0.15) is 5.82 Å². The molecule has 2 rings (SSSR count). The molecule has 4 heteroatoms. The Morgan fingerprint density at radius 1 is 1.44 bits per heavy atom. The van der Waals surface area contributed by atoms with Crippen LogP contribution in [-0.2, 0) is 0 Å². The van der Waals surface area contributed by atoms with Gasteiger partial charge in [0.15, 0.2) is 0 Å². The molecule has 0 radical (unpaired) electrons. The molecule has 1 aromatic rings. The molecule has 0 aliphatic heterocycles. The molecule has 1 aliphatic carbocycles. The number of aliphatic hydroxyl groups is 1. The van der Waals surface area contributed by atoms with E-state index in [0.717, 1.165) is 24.8 Å². The molecule has 1 atom stereocenters. The Bertz CT molecular complexity index is 445. The van der Waals surface area contributed by atoms with Crippen LogP contribution in [0.3, 0.4) is 0 Å². The maximum absolute atomic E-state index is 13.9. The average molecular weight is 306 g/mol. The average Bonchev–Trinajstić information content (AvgIpc) is 2.26. The van der Waals surface area contributed by atoms with Crippen LogP contribution in [0, 0.1) is 5.82 Å². The molecule has 1 N–H and O–H groups in total. The third-order valence-corrected chi connectivity index (χ3v) is 3.98. The second kappa shape index (κ2) is 4.86. The van der Waals surface area contributed by atoms with Gasteiger partial charge >= 0.3 is 0 Å². The zero-order chi connectivity index (χ0) is 11.7. The van der Waals surface area contributed by atoms with Crippen LogP contribution in [0.2, 0.25) is 5.02 Å². The number of halogens is 3. The van der Waals surface area contributed by atoms with E-state index in [1.165, 1.54) is 0 Å². The van der Waals surface area contributed by atoms with Crippen LogP contribution in [0.4, 0.5) is 4.39 Å². The van der Waals surface area contributed by atoms with E-state index in [9.17, 15) is 9.50 Å². The van der Waals surface area contributed by atoms with Crippen molar-refractivity contribution in [2.75, 3.05) is 0 Å². The number of rotatable bonds is 1. The van der Waals surface area contributed by atoms with Gasteiger partial charge in [-0.1, -0.05) is 23.7 Å². The van der Waals surface area contributed by atoms with Crippen molar-refractivity contribution in [2.45, 2.75) is 25.4 Å². The van der Waals surface area contributed by atoms with Crippen LogP contribution < -0.4 is 0 Å². The quantitative estimate of drug-likeness (QED) is 0.772. The summed E-state index contributed by atoms with van der Waals surface area (Å²) in [5.74, 6) is -0.420. The van der Waals surface area contributed by atoms with E-state index in [1.807, 2.05) is 0 Å². The SMILES string of the molecule is OC1C=C(c2ccc(Br)c(Cl)c2F)CCC1. The standard InChI is InChI=1S/C12H11BrClFO/c13-10-5-4-9(12(15)11(10)14)7-2-1-3-8(16)6-7/h4-6,8,16H,1-3H2. The van der Waals surface area contributed by atoms with Gasteiger partial charge in [-0.15, -0.1) is 0 Å². The topological polar surface area (TPSA) is 20.2 Å². The lowest BCUT2D eigenvalue weighted by atomic mass is 9.92. The summed E-state index contributed by atoms with van der Waals surface area (Å²) in [6.45, 7) is 0. The van der Waals surface area contributed by atoms with Gasteiger partial charge in [-0.05, 0) is 46.8 Å². The Morgan fingerprint density at radius 2 is 2.19 bits per heavy atom. The first-order valence-electron chi connectivity index (χ1n) is 5.12. The molecule has 86 valence electrons. The molecule has 0 spiro atoms. The Hall–Kier alpha value is -0.380. The summed E-state index contributed by atoms with van der Waals surface area (Å²) < 4.78 is 14.4. The van der Waals surface area contributed by atoms with Crippen LogP contribution in [-0.4, -0.2) is 11.2 Å². The van der Waals surface area contributed by atoms with Crippen molar-refractivity contribution in [3.05, 3.63) is 39.1 Å². The van der Waals surface area contributed by atoms with Crippen molar-refractivity contribution in [1.29, 1.82) is 0 Å². The molecule has 0 amide bonds. The van der Waals surface area contributed by atoms with E-state index in [2.05, 4.69) is 15.9 Å². The molecule has 0 saturated carbocycles. The predicted molar refractivity (Wildman–Crippen MR) is 66.9 cm³/mol. The summed E-state index contributed by atoms with van der Waals surface area (Å²) in [6.07, 6.45) is 3.65. The monoisotopic (exact) mass is 304 g/mol. The van der Waals surface area contributed by atoms with Crippen molar-refractivity contribution in [3.8, 4) is 0 Å². The lowest BCUT2D eigenvalue weighted by molar-refractivity contribution is 0.206. The highest BCUT2D eigenvalue weighted by molar-refractivity contribution is 9.10. The Labute approximate surface area is 107 Å². The highest BCUT2D eigenvalue weighted by Gasteiger charge is 2.17. The molecule has 0 fully saturated rings. The third-order valence-electron chi connectivity index (χ3n) is 2.72. The molecular formula is C12H11BrClFO. The lowest BCUT2D eigenvalue weighted by Gasteiger charge is -2.18. The van der Waals surface area contributed by atoms with Gasteiger partial charge < -0.3 is 5.11 Å². The van der Waals surface area contributed by atoms with E-state index < -0.39 is 11.9 Å². The first-order chi connectivity index (χ1) is 7.59. The Morgan fingerprint density at radius 3 is 2.88 bits per heavy atom. The van der Waals surface area contributed by atoms with Gasteiger partial charge in [0.2, 0.25) is 0 Å². The van der Waals surface area contributed by atoms with Gasteiger partial charge in [-0.25, -0.2) is 4.39 Å². The Kier molecular flexibility index (Phi) is 3.67. The first-order valence-corrected chi connectivity index (χ1v) is 6.29. The number of hydrogen-bond acceptors (Lipinski definition) is 1. The molecule has 0 heterocycles. The molecule has 1 nitrogen and oxygen atoms in total. The highest BCUT2D eigenvalue weighted by Crippen LogP contribution is 2.34. The Balaban J connectivity index is 2.45. The van der Waals surface area contributed by atoms with Gasteiger partial charge in [-0.3, -0.25) is 0 Å². The predicted octanol–water partition coefficient (Wildman–Crippen LogP) is 4.17. The van der Waals surface area contributed by atoms with E-state index in [0.29, 0.717) is 10.0 Å². The summed E-state index contributed by atoms with van der Waals surface area (Å²) in [5, 5.41) is 9.61. The number of benzene rings is 1. The second-order valence-corrected chi connectivity index (χ2v) is 5.11. The second-order valence-electron chi connectivity index (χ2n) is 3.87. The maximum Gasteiger partial charge on any atom is 0.150 e. The van der Waals surface area contributed by atoms with Crippen LogP contribution in [0.5, 0.6) is 0 Å². The fraction of sp³-hybridized carbons (Fsp3) is 0.333. The summed E-state index contributed by atoms with van der Waals surface area (Å²) in [7, 11) is 0. The molecule has 1 aliphatic rings. The summed E-state index contributed by atoms with van der Waals surface area (Å²) in [6, 6.07) is 3.41. The van der Waals surface area contributed by atoms with Gasteiger partial charge in [0, 0.05) is 10.0 Å². The largest absolute Gasteiger partial charge is 0.389 e. The zero-order valence-electron chi connectivity index (χ0n) is 8.51. The fourth-order valence-corrected chi connectivity index (χ4v) is 2.37. The normalized spacial score (nSPS) is 20.8. The molecule has 16 heavy (non-hydrogen) atoms. The molecule has 0 saturated heterocycles. The molecule has 0 bridgehead atoms. The van der Waals surface area contributed by atoms with Gasteiger partial charge in [-0.2, -0.15) is 0 Å². The maximum atomic E-state index is 13.9. The van der Waals surface area contributed by atoms with Crippen molar-refractivity contribution < 1.29 is 9.50 Å². The summed E-state index contributed by atoms with van der Waals surface area (Å²) >= 11 is 9.00. The van der Waals surface area contributed by atoms with E-state index >= 15 is 0 Å². The van der Waals surface area contributed by atoms with Gasteiger partial charge in [0.05, 0.1) is 11.1 Å². The van der Waals surface area contributed by atoms with Gasteiger partial charge in [0.25, 0.3) is 0 Å². The van der Waals surface area contributed by atoms with E-state index in [4.69, 9.17) is 11.6 Å². The minimum absolute atomic E-state index is 0.0958. The third kappa shape index (κ3) is 2.31. The number of aliphatic hydroxyl groups excluding tert-OH is 1. The van der Waals surface area contributed by atoms with E-state index in [-0.39, 0.29) is 5.02 Å². The van der Waals surface area contributed by atoms with Crippen LogP contribution in [0.25, 0.3) is 5.57 Å². The number of hydrogen-bond donors (Lipinski definition) is 1. The number of allylic oxidation sites excluding steroid dienone is 1. The van der Waals surface area contributed by atoms with Crippen LogP contribution in [0.1, 0.15) is 24.8 Å². The minimum atomic E-state index is -0.467. The van der Waals surface area contributed by atoms with Crippen molar-refractivity contribution >= 4 is 33.1 Å². The fourth-order valence-electron chi connectivity index (χ4n) is 1.90. The zero-order valence-corrected chi connectivity index (χ0v) is 10.9. The molecule has 0 aromatic heterocycles. The first kappa shape index (κ1) is 12.1. The van der Waals surface area contributed by atoms with Crippen LogP contribution in [0.15, 0.2) is 22.7 Å².